The van der Waals surface area contributed by atoms with Gasteiger partial charge in [-0.3, -0.25) is 4.90 Å². The molecule has 0 spiro atoms. The lowest BCUT2D eigenvalue weighted by Gasteiger charge is -2.46. The number of hydrogen-bond donors (Lipinski definition) is 1. The van der Waals surface area contributed by atoms with Crippen LogP contribution < -0.4 is 5.32 Å². The normalized spacial score (nSPS) is 30.9. The van der Waals surface area contributed by atoms with Gasteiger partial charge in [0.25, 0.3) is 0 Å². The van der Waals surface area contributed by atoms with Crippen LogP contribution in [0.15, 0.2) is 11.1 Å². The fourth-order valence-corrected chi connectivity index (χ4v) is 3.89. The van der Waals surface area contributed by atoms with Crippen LogP contribution in [0.25, 0.3) is 0 Å². The number of nitrogens with zero attached hydrogens (tertiary/aromatic N) is 1. The average Bonchev–Trinajstić information content (AvgIpc) is 2.47. The Morgan fingerprint density at radius 2 is 2.00 bits per heavy atom. The van der Waals surface area contributed by atoms with Crippen molar-refractivity contribution < 1.29 is 0 Å². The standard InChI is InChI=1S/C17H31ClN2/c1-13(2)16-12-20(11-14(3)9-18)17(10-19-16)15-7-5-4-6-8-15/h9,13,15-17,19H,4-8,10-12H2,1-3H3. The second-order valence-electron chi connectivity index (χ2n) is 7.11. The van der Waals surface area contributed by atoms with Crippen LogP contribution >= 0.6 is 11.6 Å². The second-order valence-corrected chi connectivity index (χ2v) is 7.33. The van der Waals surface area contributed by atoms with Crippen molar-refractivity contribution in [1.82, 2.24) is 10.2 Å². The molecule has 2 rings (SSSR count). The van der Waals surface area contributed by atoms with Gasteiger partial charge in [0.05, 0.1) is 0 Å². The molecule has 3 heteroatoms. The molecule has 2 aliphatic rings. The van der Waals surface area contributed by atoms with Crippen molar-refractivity contribution in [3.63, 3.8) is 0 Å². The second kappa shape index (κ2) is 7.82. The van der Waals surface area contributed by atoms with Crippen LogP contribution in [0.1, 0.15) is 52.9 Å². The average molecular weight is 299 g/mol. The Bertz CT molecular complexity index is 321. The van der Waals surface area contributed by atoms with Crippen molar-refractivity contribution in [3.8, 4) is 0 Å². The van der Waals surface area contributed by atoms with E-state index in [0.29, 0.717) is 18.0 Å². The molecule has 0 radical (unpaired) electrons. The van der Waals surface area contributed by atoms with E-state index in [1.807, 2.05) is 0 Å². The largest absolute Gasteiger partial charge is 0.311 e. The lowest BCUT2D eigenvalue weighted by molar-refractivity contribution is 0.0694. The molecule has 2 nitrogen and oxygen atoms in total. The van der Waals surface area contributed by atoms with E-state index < -0.39 is 0 Å². The van der Waals surface area contributed by atoms with Crippen LogP contribution in [0, 0.1) is 11.8 Å². The maximum atomic E-state index is 5.90. The van der Waals surface area contributed by atoms with Crippen molar-refractivity contribution in [2.75, 3.05) is 19.6 Å². The van der Waals surface area contributed by atoms with Gasteiger partial charge in [0.1, 0.15) is 0 Å². The monoisotopic (exact) mass is 298 g/mol. The first-order chi connectivity index (χ1) is 9.61. The van der Waals surface area contributed by atoms with Crippen LogP contribution in [0.2, 0.25) is 0 Å². The quantitative estimate of drug-likeness (QED) is 0.844. The minimum atomic E-state index is 0.623. The third-order valence-corrected chi connectivity index (χ3v) is 5.50. The van der Waals surface area contributed by atoms with Gasteiger partial charge in [0.2, 0.25) is 0 Å². The van der Waals surface area contributed by atoms with Gasteiger partial charge < -0.3 is 5.32 Å². The van der Waals surface area contributed by atoms with E-state index in [-0.39, 0.29) is 0 Å². The van der Waals surface area contributed by atoms with Crippen LogP contribution in [-0.2, 0) is 0 Å². The molecular weight excluding hydrogens is 268 g/mol. The summed E-state index contributed by atoms with van der Waals surface area (Å²) in [6, 6.07) is 1.33. The third kappa shape index (κ3) is 4.22. The Morgan fingerprint density at radius 1 is 1.30 bits per heavy atom. The molecule has 116 valence electrons. The fourth-order valence-electron chi connectivity index (χ4n) is 3.82. The highest BCUT2D eigenvalue weighted by Crippen LogP contribution is 2.31. The number of hydrogen-bond acceptors (Lipinski definition) is 2. The van der Waals surface area contributed by atoms with Gasteiger partial charge in [0, 0.05) is 37.3 Å². The number of halogens is 1. The summed E-state index contributed by atoms with van der Waals surface area (Å²) in [5.74, 6) is 1.58. The number of nitrogens with one attached hydrogen (secondary N) is 1. The Morgan fingerprint density at radius 3 is 2.60 bits per heavy atom. The summed E-state index contributed by atoms with van der Waals surface area (Å²) >= 11 is 5.90. The summed E-state index contributed by atoms with van der Waals surface area (Å²) in [4.78, 5) is 2.70. The summed E-state index contributed by atoms with van der Waals surface area (Å²) in [5, 5.41) is 3.79. The summed E-state index contributed by atoms with van der Waals surface area (Å²) in [6.07, 6.45) is 7.11. The highest BCUT2D eigenvalue weighted by Gasteiger charge is 2.34. The van der Waals surface area contributed by atoms with Gasteiger partial charge in [-0.15, -0.1) is 0 Å². The van der Waals surface area contributed by atoms with Crippen LogP contribution in [0.5, 0.6) is 0 Å². The van der Waals surface area contributed by atoms with E-state index in [0.717, 1.165) is 19.0 Å². The molecule has 1 N–H and O–H groups in total. The molecule has 1 aliphatic carbocycles. The predicted molar refractivity (Wildman–Crippen MR) is 88.2 cm³/mol. The van der Waals surface area contributed by atoms with E-state index >= 15 is 0 Å². The molecule has 1 heterocycles. The summed E-state index contributed by atoms with van der Waals surface area (Å²) in [7, 11) is 0. The third-order valence-electron chi connectivity index (χ3n) is 5.13. The lowest BCUT2D eigenvalue weighted by atomic mass is 9.81. The van der Waals surface area contributed by atoms with Gasteiger partial charge in [0.15, 0.2) is 0 Å². The maximum absolute atomic E-state index is 5.90. The summed E-state index contributed by atoms with van der Waals surface area (Å²) in [6.45, 7) is 10.2. The first-order valence-electron chi connectivity index (χ1n) is 8.35. The predicted octanol–water partition coefficient (Wildman–Crippen LogP) is 4.01. The van der Waals surface area contributed by atoms with Crippen LogP contribution in [-0.4, -0.2) is 36.6 Å². The van der Waals surface area contributed by atoms with Crippen molar-refractivity contribution in [2.45, 2.75) is 65.0 Å². The van der Waals surface area contributed by atoms with E-state index in [1.165, 1.54) is 44.2 Å². The van der Waals surface area contributed by atoms with Crippen molar-refractivity contribution in [3.05, 3.63) is 11.1 Å². The van der Waals surface area contributed by atoms with Crippen molar-refractivity contribution >= 4 is 11.6 Å². The molecule has 1 saturated heterocycles. The number of piperazine rings is 1. The first-order valence-corrected chi connectivity index (χ1v) is 8.78. The molecule has 1 saturated carbocycles. The molecule has 2 atom stereocenters. The van der Waals surface area contributed by atoms with E-state index in [4.69, 9.17) is 11.6 Å². The fraction of sp³-hybridized carbons (Fsp3) is 0.882. The SMILES string of the molecule is CC(=CCl)CN1CC(C(C)C)NCC1C1CCCCC1. The zero-order valence-electron chi connectivity index (χ0n) is 13.4. The highest BCUT2D eigenvalue weighted by molar-refractivity contribution is 6.25. The van der Waals surface area contributed by atoms with Gasteiger partial charge in [-0.05, 0) is 37.2 Å². The van der Waals surface area contributed by atoms with E-state index in [1.54, 1.807) is 5.54 Å². The van der Waals surface area contributed by atoms with Gasteiger partial charge in [-0.1, -0.05) is 44.7 Å². The van der Waals surface area contributed by atoms with E-state index in [2.05, 4.69) is 31.0 Å². The maximum Gasteiger partial charge on any atom is 0.0253 e. The van der Waals surface area contributed by atoms with Gasteiger partial charge >= 0.3 is 0 Å². The Labute approximate surface area is 129 Å². The van der Waals surface area contributed by atoms with Crippen molar-refractivity contribution in [2.24, 2.45) is 11.8 Å². The van der Waals surface area contributed by atoms with E-state index in [9.17, 15) is 0 Å². The summed E-state index contributed by atoms with van der Waals surface area (Å²) in [5.41, 5.74) is 3.04. The molecule has 0 amide bonds. The molecule has 1 aliphatic heterocycles. The van der Waals surface area contributed by atoms with Gasteiger partial charge in [-0.25, -0.2) is 0 Å². The zero-order valence-corrected chi connectivity index (χ0v) is 14.1. The zero-order chi connectivity index (χ0) is 14.5. The topological polar surface area (TPSA) is 15.3 Å². The number of rotatable bonds is 4. The molecular formula is C17H31ClN2. The van der Waals surface area contributed by atoms with Crippen LogP contribution in [0.3, 0.4) is 0 Å². The molecule has 2 fully saturated rings. The molecule has 0 aromatic carbocycles. The molecule has 2 unspecified atom stereocenters. The molecule has 0 aromatic rings. The minimum Gasteiger partial charge on any atom is -0.311 e. The highest BCUT2D eigenvalue weighted by atomic mass is 35.5. The lowest BCUT2D eigenvalue weighted by Crippen LogP contribution is -2.60. The Kier molecular flexibility index (Phi) is 6.38. The Hall–Kier alpha value is -0.0500. The molecule has 0 bridgehead atoms. The minimum absolute atomic E-state index is 0.623. The summed E-state index contributed by atoms with van der Waals surface area (Å²) < 4.78 is 0. The van der Waals surface area contributed by atoms with Crippen LogP contribution in [0.4, 0.5) is 0 Å². The Balaban J connectivity index is 2.03. The van der Waals surface area contributed by atoms with Crippen molar-refractivity contribution in [1.29, 1.82) is 0 Å². The molecule has 0 aromatic heterocycles. The first kappa shape index (κ1) is 16.3. The molecule has 20 heavy (non-hydrogen) atoms. The smallest absolute Gasteiger partial charge is 0.0253 e. The van der Waals surface area contributed by atoms with Gasteiger partial charge in [-0.2, -0.15) is 0 Å².